The Morgan fingerprint density at radius 3 is 2.50 bits per heavy atom. The van der Waals surface area contributed by atoms with Crippen LogP contribution in [0.5, 0.6) is 17.2 Å². The van der Waals surface area contributed by atoms with Gasteiger partial charge in [-0.25, -0.2) is 10.2 Å². The lowest BCUT2D eigenvalue weighted by molar-refractivity contribution is -0.139. The van der Waals surface area contributed by atoms with Crippen molar-refractivity contribution in [3.05, 3.63) is 52.5 Å². The molecule has 0 bridgehead atoms. The highest BCUT2D eigenvalue weighted by atomic mass is 35.5. The number of amides is 1. The lowest BCUT2D eigenvalue weighted by Crippen LogP contribution is -2.17. The van der Waals surface area contributed by atoms with Crippen LogP contribution in [0.3, 0.4) is 0 Å². The Hall–Kier alpha value is -3.26. The third kappa shape index (κ3) is 6.97. The van der Waals surface area contributed by atoms with Gasteiger partial charge in [0.15, 0.2) is 18.1 Å². The molecule has 8 nitrogen and oxygen atoms in total. The molecule has 0 radical (unpaired) electrons. The van der Waals surface area contributed by atoms with E-state index in [1.54, 1.807) is 37.3 Å². The van der Waals surface area contributed by atoms with Crippen LogP contribution in [0.1, 0.15) is 36.2 Å². The van der Waals surface area contributed by atoms with Crippen LogP contribution in [0.4, 0.5) is 0 Å². The predicted octanol–water partition coefficient (Wildman–Crippen LogP) is 3.75. The van der Waals surface area contributed by atoms with Crippen molar-refractivity contribution in [1.29, 1.82) is 0 Å². The average molecular weight is 435 g/mol. The molecule has 0 atom stereocenters. The number of carbonyl (C=O) groups is 2. The van der Waals surface area contributed by atoms with Crippen molar-refractivity contribution in [1.82, 2.24) is 5.43 Å². The number of carbonyl (C=O) groups excluding carboxylic acids is 1. The second-order valence-corrected chi connectivity index (χ2v) is 6.42. The molecule has 160 valence electrons. The summed E-state index contributed by atoms with van der Waals surface area (Å²) in [6.07, 6.45) is 2.30. The highest BCUT2D eigenvalue weighted by Gasteiger charge is 2.14. The molecule has 2 aromatic rings. The number of halogens is 1. The molecule has 0 heterocycles. The summed E-state index contributed by atoms with van der Waals surface area (Å²) in [5.41, 5.74) is 3.40. The first-order valence-electron chi connectivity index (χ1n) is 9.31. The van der Waals surface area contributed by atoms with Gasteiger partial charge >= 0.3 is 5.97 Å². The lowest BCUT2D eigenvalue weighted by atomic mass is 10.2. The van der Waals surface area contributed by atoms with Gasteiger partial charge in [0.1, 0.15) is 5.75 Å². The summed E-state index contributed by atoms with van der Waals surface area (Å²) in [6.45, 7) is 4.18. The van der Waals surface area contributed by atoms with E-state index in [0.29, 0.717) is 30.1 Å². The Kier molecular flexibility index (Phi) is 8.96. The smallest absolute Gasteiger partial charge is 0.341 e. The zero-order chi connectivity index (χ0) is 21.9. The van der Waals surface area contributed by atoms with Crippen LogP contribution in [-0.2, 0) is 4.79 Å². The molecule has 0 aliphatic heterocycles. The normalized spacial score (nSPS) is 10.6. The molecule has 0 spiro atoms. The molecule has 2 aromatic carbocycles. The Balaban J connectivity index is 2.05. The van der Waals surface area contributed by atoms with Crippen molar-refractivity contribution < 1.29 is 28.9 Å². The Morgan fingerprint density at radius 1 is 1.13 bits per heavy atom. The number of nitrogens with one attached hydrogen (secondary N) is 1. The van der Waals surface area contributed by atoms with E-state index in [9.17, 15) is 9.59 Å². The monoisotopic (exact) mass is 434 g/mol. The van der Waals surface area contributed by atoms with Crippen LogP contribution in [0.2, 0.25) is 5.02 Å². The van der Waals surface area contributed by atoms with E-state index in [-0.39, 0.29) is 22.4 Å². The fourth-order valence-corrected chi connectivity index (χ4v) is 2.63. The molecule has 0 aliphatic rings. The SMILES string of the molecule is CCCOc1ccc(C(=O)N/N=C/c2cc(Cl)c(OCC(=O)O)c(OCC)c2)cc1. The summed E-state index contributed by atoms with van der Waals surface area (Å²) in [7, 11) is 0. The van der Waals surface area contributed by atoms with E-state index in [1.165, 1.54) is 12.3 Å². The number of nitrogens with zero attached hydrogens (tertiary/aromatic N) is 1. The van der Waals surface area contributed by atoms with E-state index in [0.717, 1.165) is 6.42 Å². The van der Waals surface area contributed by atoms with Crippen molar-refractivity contribution in [3.63, 3.8) is 0 Å². The molecule has 0 aromatic heterocycles. The van der Waals surface area contributed by atoms with Gasteiger partial charge in [-0.2, -0.15) is 5.10 Å². The molecular formula is C21H23ClN2O6. The van der Waals surface area contributed by atoms with Gasteiger partial charge in [-0.3, -0.25) is 4.79 Å². The maximum atomic E-state index is 12.2. The largest absolute Gasteiger partial charge is 0.494 e. The number of aliphatic carboxylic acids is 1. The zero-order valence-corrected chi connectivity index (χ0v) is 17.4. The lowest BCUT2D eigenvalue weighted by Gasteiger charge is -2.13. The van der Waals surface area contributed by atoms with E-state index in [1.807, 2.05) is 6.92 Å². The molecule has 2 N–H and O–H groups in total. The molecule has 0 unspecified atom stereocenters. The maximum absolute atomic E-state index is 12.2. The topological polar surface area (TPSA) is 106 Å². The minimum Gasteiger partial charge on any atom is -0.494 e. The summed E-state index contributed by atoms with van der Waals surface area (Å²) in [5, 5.41) is 12.9. The number of benzene rings is 2. The van der Waals surface area contributed by atoms with Crippen LogP contribution in [0, 0.1) is 0 Å². The summed E-state index contributed by atoms with van der Waals surface area (Å²) in [6, 6.07) is 9.85. The maximum Gasteiger partial charge on any atom is 0.341 e. The molecule has 0 saturated carbocycles. The van der Waals surface area contributed by atoms with Crippen LogP contribution >= 0.6 is 11.6 Å². The summed E-state index contributed by atoms with van der Waals surface area (Å²) in [4.78, 5) is 22.9. The molecule has 30 heavy (non-hydrogen) atoms. The molecule has 0 aliphatic carbocycles. The van der Waals surface area contributed by atoms with Crippen LogP contribution < -0.4 is 19.6 Å². The number of rotatable bonds is 11. The Bertz CT molecular complexity index is 899. The van der Waals surface area contributed by atoms with E-state index >= 15 is 0 Å². The van der Waals surface area contributed by atoms with Crippen LogP contribution in [-0.4, -0.2) is 43.0 Å². The van der Waals surface area contributed by atoms with Gasteiger partial charge in [-0.15, -0.1) is 0 Å². The van der Waals surface area contributed by atoms with Crippen molar-refractivity contribution in [2.45, 2.75) is 20.3 Å². The number of hydrazone groups is 1. The first kappa shape index (κ1) is 23.0. The second-order valence-electron chi connectivity index (χ2n) is 6.02. The number of hydrogen-bond acceptors (Lipinski definition) is 6. The number of hydrogen-bond donors (Lipinski definition) is 2. The summed E-state index contributed by atoms with van der Waals surface area (Å²) < 4.78 is 16.1. The van der Waals surface area contributed by atoms with Gasteiger partial charge in [0.05, 0.1) is 24.5 Å². The minimum absolute atomic E-state index is 0.132. The minimum atomic E-state index is -1.13. The van der Waals surface area contributed by atoms with Gasteiger partial charge in [0.2, 0.25) is 0 Å². The number of ether oxygens (including phenoxy) is 3. The highest BCUT2D eigenvalue weighted by molar-refractivity contribution is 6.32. The zero-order valence-electron chi connectivity index (χ0n) is 16.7. The quantitative estimate of drug-likeness (QED) is 0.412. The fourth-order valence-electron chi connectivity index (χ4n) is 2.35. The van der Waals surface area contributed by atoms with Gasteiger partial charge in [-0.05, 0) is 55.3 Å². The summed E-state index contributed by atoms with van der Waals surface area (Å²) in [5.74, 6) is -0.410. The fraction of sp³-hybridized carbons (Fsp3) is 0.286. The first-order valence-corrected chi connectivity index (χ1v) is 9.69. The molecule has 0 fully saturated rings. The number of carboxylic acid groups (broad SMARTS) is 1. The Labute approximate surface area is 179 Å². The van der Waals surface area contributed by atoms with Crippen molar-refractivity contribution >= 4 is 29.7 Å². The van der Waals surface area contributed by atoms with Gasteiger partial charge < -0.3 is 19.3 Å². The molecular weight excluding hydrogens is 412 g/mol. The third-order valence-electron chi connectivity index (χ3n) is 3.64. The molecule has 9 heteroatoms. The van der Waals surface area contributed by atoms with Crippen LogP contribution in [0.25, 0.3) is 0 Å². The van der Waals surface area contributed by atoms with Crippen molar-refractivity contribution in [3.8, 4) is 17.2 Å². The van der Waals surface area contributed by atoms with E-state index in [2.05, 4.69) is 10.5 Å². The highest BCUT2D eigenvalue weighted by Crippen LogP contribution is 2.36. The third-order valence-corrected chi connectivity index (χ3v) is 3.92. The Morgan fingerprint density at radius 2 is 1.87 bits per heavy atom. The first-order chi connectivity index (χ1) is 14.4. The van der Waals surface area contributed by atoms with E-state index in [4.69, 9.17) is 30.9 Å². The summed E-state index contributed by atoms with van der Waals surface area (Å²) >= 11 is 6.18. The molecule has 2 rings (SSSR count). The van der Waals surface area contributed by atoms with Crippen molar-refractivity contribution in [2.24, 2.45) is 5.10 Å². The van der Waals surface area contributed by atoms with Gasteiger partial charge in [-0.1, -0.05) is 18.5 Å². The molecule has 0 saturated heterocycles. The number of carboxylic acids is 1. The van der Waals surface area contributed by atoms with Gasteiger partial charge in [0, 0.05) is 5.56 Å². The standard InChI is InChI=1S/C21H23ClN2O6/c1-3-9-29-16-7-5-15(6-8-16)21(27)24-23-12-14-10-17(22)20(30-13-19(25)26)18(11-14)28-4-2/h5-8,10-12H,3-4,9,13H2,1-2H3,(H,24,27)(H,25,26)/b23-12+. The van der Waals surface area contributed by atoms with E-state index < -0.39 is 12.6 Å². The van der Waals surface area contributed by atoms with Crippen molar-refractivity contribution in [2.75, 3.05) is 19.8 Å². The molecule has 1 amide bonds. The second kappa shape index (κ2) is 11.7. The average Bonchev–Trinajstić information content (AvgIpc) is 2.72. The van der Waals surface area contributed by atoms with Gasteiger partial charge in [0.25, 0.3) is 5.91 Å². The predicted molar refractivity (Wildman–Crippen MR) is 113 cm³/mol. The van der Waals surface area contributed by atoms with Crippen LogP contribution in [0.15, 0.2) is 41.5 Å².